The molecule has 0 spiro atoms. The van der Waals surface area contributed by atoms with Crippen molar-refractivity contribution in [3.05, 3.63) is 34.7 Å². The van der Waals surface area contributed by atoms with Crippen molar-refractivity contribution < 1.29 is 4.74 Å². The first-order valence-corrected chi connectivity index (χ1v) is 6.18. The van der Waals surface area contributed by atoms with Crippen molar-refractivity contribution in [2.24, 2.45) is 0 Å². The molecule has 0 amide bonds. The molecule has 92 valence electrons. The maximum Gasteiger partial charge on any atom is 0.218 e. The van der Waals surface area contributed by atoms with E-state index in [-0.39, 0.29) is 11.7 Å². The predicted molar refractivity (Wildman–Crippen MR) is 69.3 cm³/mol. The van der Waals surface area contributed by atoms with Gasteiger partial charge in [0, 0.05) is 16.7 Å². The van der Waals surface area contributed by atoms with Crippen LogP contribution in [0.4, 0.5) is 0 Å². The van der Waals surface area contributed by atoms with Gasteiger partial charge in [-0.25, -0.2) is 9.67 Å². The third-order valence-electron chi connectivity index (χ3n) is 2.26. The van der Waals surface area contributed by atoms with E-state index in [9.17, 15) is 0 Å². The molecule has 0 saturated carbocycles. The van der Waals surface area contributed by atoms with E-state index in [0.29, 0.717) is 11.6 Å². The topological polar surface area (TPSA) is 63.7 Å². The average molecular weight is 307 g/mol. The van der Waals surface area contributed by atoms with Crippen LogP contribution in [0.5, 0.6) is 11.6 Å². The lowest BCUT2D eigenvalue weighted by atomic mass is 10.3. The van der Waals surface area contributed by atoms with Gasteiger partial charge in [-0.1, -0.05) is 0 Å². The molecular weight excluding hydrogens is 296 g/mol. The monoisotopic (exact) mass is 306 g/mol. The van der Waals surface area contributed by atoms with Crippen LogP contribution in [-0.2, 0) is 0 Å². The molecule has 2 aromatic heterocycles. The average Bonchev–Trinajstić information content (AvgIpc) is 2.77. The molecule has 2 aromatic rings. The fourth-order valence-corrected chi connectivity index (χ4v) is 1.78. The Bertz CT molecular complexity index is 600. The summed E-state index contributed by atoms with van der Waals surface area (Å²) in [6, 6.07) is 5.64. The minimum Gasteiger partial charge on any atom is -0.436 e. The Morgan fingerprint density at radius 1 is 1.50 bits per heavy atom. The van der Waals surface area contributed by atoms with Gasteiger partial charge in [-0.05, 0) is 35.8 Å². The van der Waals surface area contributed by atoms with Gasteiger partial charge in [-0.15, -0.1) is 0 Å². The predicted octanol–water partition coefficient (Wildman–Crippen LogP) is 3.29. The quantitative estimate of drug-likeness (QED) is 0.873. The fraction of sp³-hybridized carbons (Fsp3) is 0.250. The van der Waals surface area contributed by atoms with Crippen molar-refractivity contribution in [1.29, 1.82) is 5.26 Å². The van der Waals surface area contributed by atoms with Crippen LogP contribution in [0.25, 0.3) is 0 Å². The standard InChI is InChI=1S/C12H11BrN4O/c1-8(2)17-12(3-4-16-17)18-11-5-9(13)7-15-10(11)6-14/h3-5,7-8H,1-2H3. The number of pyridine rings is 1. The molecule has 18 heavy (non-hydrogen) atoms. The van der Waals surface area contributed by atoms with Gasteiger partial charge in [0.15, 0.2) is 11.4 Å². The molecule has 0 saturated heterocycles. The molecule has 5 nitrogen and oxygen atoms in total. The number of hydrogen-bond donors (Lipinski definition) is 0. The zero-order chi connectivity index (χ0) is 13.1. The van der Waals surface area contributed by atoms with E-state index in [1.54, 1.807) is 29.2 Å². The minimum absolute atomic E-state index is 0.181. The Kier molecular flexibility index (Phi) is 3.63. The van der Waals surface area contributed by atoms with Crippen molar-refractivity contribution in [2.75, 3.05) is 0 Å². The van der Waals surface area contributed by atoms with Crippen molar-refractivity contribution in [3.8, 4) is 17.7 Å². The number of ether oxygens (including phenoxy) is 1. The molecule has 6 heteroatoms. The summed E-state index contributed by atoms with van der Waals surface area (Å²) in [5.41, 5.74) is 0.245. The van der Waals surface area contributed by atoms with Gasteiger partial charge in [-0.2, -0.15) is 10.4 Å². The maximum absolute atomic E-state index is 8.99. The molecule has 0 unspecified atom stereocenters. The zero-order valence-corrected chi connectivity index (χ0v) is 11.5. The van der Waals surface area contributed by atoms with Crippen molar-refractivity contribution in [2.45, 2.75) is 19.9 Å². The summed E-state index contributed by atoms with van der Waals surface area (Å²) in [6.45, 7) is 4.01. The molecule has 0 aliphatic heterocycles. The van der Waals surface area contributed by atoms with Crippen LogP contribution < -0.4 is 4.74 Å². The van der Waals surface area contributed by atoms with E-state index in [1.165, 1.54) is 0 Å². The molecule has 0 aliphatic rings. The van der Waals surface area contributed by atoms with E-state index in [1.807, 2.05) is 19.9 Å². The maximum atomic E-state index is 8.99. The van der Waals surface area contributed by atoms with Gasteiger partial charge in [0.25, 0.3) is 0 Å². The molecule has 0 aliphatic carbocycles. The lowest BCUT2D eigenvalue weighted by Crippen LogP contribution is -2.05. The number of rotatable bonds is 3. The Morgan fingerprint density at radius 3 is 2.94 bits per heavy atom. The molecule has 0 atom stereocenters. The normalized spacial score (nSPS) is 10.4. The van der Waals surface area contributed by atoms with E-state index < -0.39 is 0 Å². The summed E-state index contributed by atoms with van der Waals surface area (Å²) in [5.74, 6) is 0.996. The summed E-state index contributed by atoms with van der Waals surface area (Å²) in [6.07, 6.45) is 3.22. The van der Waals surface area contributed by atoms with E-state index in [2.05, 4.69) is 26.0 Å². The van der Waals surface area contributed by atoms with E-state index in [0.717, 1.165) is 4.47 Å². The number of hydrogen-bond acceptors (Lipinski definition) is 4. The highest BCUT2D eigenvalue weighted by Crippen LogP contribution is 2.27. The lowest BCUT2D eigenvalue weighted by Gasteiger charge is -2.12. The first-order valence-electron chi connectivity index (χ1n) is 5.39. The third-order valence-corrected chi connectivity index (χ3v) is 2.70. The van der Waals surface area contributed by atoms with Gasteiger partial charge in [0.05, 0.1) is 12.2 Å². The molecule has 2 rings (SSSR count). The van der Waals surface area contributed by atoms with Crippen LogP contribution in [0.15, 0.2) is 29.0 Å². The van der Waals surface area contributed by atoms with Crippen LogP contribution in [0.3, 0.4) is 0 Å². The summed E-state index contributed by atoms with van der Waals surface area (Å²) < 4.78 is 8.19. The minimum atomic E-state index is 0.181. The highest BCUT2D eigenvalue weighted by molar-refractivity contribution is 9.10. The zero-order valence-electron chi connectivity index (χ0n) is 9.96. The molecule has 2 heterocycles. The smallest absolute Gasteiger partial charge is 0.218 e. The van der Waals surface area contributed by atoms with Crippen molar-refractivity contribution in [1.82, 2.24) is 14.8 Å². The van der Waals surface area contributed by atoms with Crippen molar-refractivity contribution >= 4 is 15.9 Å². The first kappa shape index (κ1) is 12.6. The first-order chi connectivity index (χ1) is 8.61. The SMILES string of the molecule is CC(C)n1nccc1Oc1cc(Br)cnc1C#N. The molecular formula is C12H11BrN4O. The van der Waals surface area contributed by atoms with Gasteiger partial charge in [0.2, 0.25) is 5.88 Å². The number of nitrogens with zero attached hydrogens (tertiary/aromatic N) is 4. The van der Waals surface area contributed by atoms with Gasteiger partial charge in [-0.3, -0.25) is 0 Å². The summed E-state index contributed by atoms with van der Waals surface area (Å²) >= 11 is 3.30. The second-order valence-electron chi connectivity index (χ2n) is 3.92. The lowest BCUT2D eigenvalue weighted by molar-refractivity contribution is 0.386. The molecule has 0 bridgehead atoms. The van der Waals surface area contributed by atoms with Crippen LogP contribution >= 0.6 is 15.9 Å². The highest BCUT2D eigenvalue weighted by Gasteiger charge is 2.12. The Balaban J connectivity index is 2.37. The van der Waals surface area contributed by atoms with Crippen LogP contribution in [0.1, 0.15) is 25.6 Å². The number of aromatic nitrogens is 3. The summed E-state index contributed by atoms with van der Waals surface area (Å²) in [5, 5.41) is 13.2. The van der Waals surface area contributed by atoms with Crippen LogP contribution in [-0.4, -0.2) is 14.8 Å². The van der Waals surface area contributed by atoms with E-state index in [4.69, 9.17) is 10.00 Å². The summed E-state index contributed by atoms with van der Waals surface area (Å²) in [4.78, 5) is 3.99. The van der Waals surface area contributed by atoms with Crippen LogP contribution in [0, 0.1) is 11.3 Å². The highest BCUT2D eigenvalue weighted by atomic mass is 79.9. The van der Waals surface area contributed by atoms with Gasteiger partial charge in [0.1, 0.15) is 6.07 Å². The van der Waals surface area contributed by atoms with Gasteiger partial charge >= 0.3 is 0 Å². The third kappa shape index (κ3) is 2.51. The Morgan fingerprint density at radius 2 is 2.28 bits per heavy atom. The Hall–Kier alpha value is -1.87. The second-order valence-corrected chi connectivity index (χ2v) is 4.84. The molecule has 0 fully saturated rings. The molecule has 0 N–H and O–H groups in total. The number of nitriles is 1. The van der Waals surface area contributed by atoms with Crippen LogP contribution in [0.2, 0.25) is 0 Å². The largest absolute Gasteiger partial charge is 0.436 e. The Labute approximate surface area is 113 Å². The summed E-state index contributed by atoms with van der Waals surface area (Å²) in [7, 11) is 0. The van der Waals surface area contributed by atoms with Crippen molar-refractivity contribution in [3.63, 3.8) is 0 Å². The fourth-order valence-electron chi connectivity index (χ4n) is 1.47. The second kappa shape index (κ2) is 5.19. The molecule has 0 radical (unpaired) electrons. The molecule has 0 aromatic carbocycles. The van der Waals surface area contributed by atoms with Gasteiger partial charge < -0.3 is 4.74 Å². The van der Waals surface area contributed by atoms with E-state index >= 15 is 0 Å². The number of halogens is 1.